The first-order valence-corrected chi connectivity index (χ1v) is 8.90. The number of amides is 2. The molecular weight excluding hydrogens is 320 g/mol. The van der Waals surface area contributed by atoms with Crippen LogP contribution in [0.3, 0.4) is 0 Å². The number of methoxy groups -OCH3 is 1. The van der Waals surface area contributed by atoms with Gasteiger partial charge in [0.1, 0.15) is 5.75 Å². The van der Waals surface area contributed by atoms with Gasteiger partial charge in [-0.25, -0.2) is 0 Å². The summed E-state index contributed by atoms with van der Waals surface area (Å²) < 4.78 is 10.5. The van der Waals surface area contributed by atoms with E-state index in [-0.39, 0.29) is 11.8 Å². The summed E-state index contributed by atoms with van der Waals surface area (Å²) in [5, 5.41) is 0. The first kappa shape index (κ1) is 19.2. The summed E-state index contributed by atoms with van der Waals surface area (Å²) in [7, 11) is 1.62. The molecule has 1 aromatic rings. The van der Waals surface area contributed by atoms with E-state index < -0.39 is 0 Å². The van der Waals surface area contributed by atoms with E-state index in [1.165, 1.54) is 0 Å². The standard InChI is InChI=1S/C19H28N2O4/c1-3-25-13-5-8-18(22)20-9-11-21(12-10-20)19(23)15-16-6-4-7-17(14-16)24-2/h4,6-7,14H,3,5,8-13,15H2,1-2H3. The lowest BCUT2D eigenvalue weighted by atomic mass is 10.1. The zero-order valence-electron chi connectivity index (χ0n) is 15.2. The van der Waals surface area contributed by atoms with Gasteiger partial charge < -0.3 is 19.3 Å². The maximum atomic E-state index is 12.5. The monoisotopic (exact) mass is 348 g/mol. The van der Waals surface area contributed by atoms with Gasteiger partial charge >= 0.3 is 0 Å². The molecule has 0 N–H and O–H groups in total. The number of hydrogen-bond donors (Lipinski definition) is 0. The number of ether oxygens (including phenoxy) is 2. The molecular formula is C19H28N2O4. The van der Waals surface area contributed by atoms with E-state index in [1.807, 2.05) is 41.0 Å². The molecule has 138 valence electrons. The number of benzene rings is 1. The molecule has 0 atom stereocenters. The lowest BCUT2D eigenvalue weighted by Gasteiger charge is -2.35. The minimum Gasteiger partial charge on any atom is -0.497 e. The molecule has 1 fully saturated rings. The van der Waals surface area contributed by atoms with Gasteiger partial charge in [-0.3, -0.25) is 9.59 Å². The van der Waals surface area contributed by atoms with Gasteiger partial charge in [-0.05, 0) is 31.0 Å². The highest BCUT2D eigenvalue weighted by Crippen LogP contribution is 2.14. The second kappa shape index (κ2) is 10.0. The van der Waals surface area contributed by atoms with Crippen LogP contribution in [-0.2, 0) is 20.7 Å². The van der Waals surface area contributed by atoms with Crippen molar-refractivity contribution in [1.29, 1.82) is 0 Å². The van der Waals surface area contributed by atoms with Gasteiger partial charge in [-0.2, -0.15) is 0 Å². The summed E-state index contributed by atoms with van der Waals surface area (Å²) in [4.78, 5) is 28.3. The van der Waals surface area contributed by atoms with E-state index in [2.05, 4.69) is 0 Å². The Morgan fingerprint density at radius 2 is 1.76 bits per heavy atom. The lowest BCUT2D eigenvalue weighted by molar-refractivity contribution is -0.139. The van der Waals surface area contributed by atoms with Crippen LogP contribution in [-0.4, -0.2) is 68.1 Å². The highest BCUT2D eigenvalue weighted by Gasteiger charge is 2.23. The SMILES string of the molecule is CCOCCCC(=O)N1CCN(C(=O)Cc2cccc(OC)c2)CC1. The maximum absolute atomic E-state index is 12.5. The molecule has 1 aromatic carbocycles. The quantitative estimate of drug-likeness (QED) is 0.671. The van der Waals surface area contributed by atoms with Crippen LogP contribution in [0.4, 0.5) is 0 Å². The van der Waals surface area contributed by atoms with Gasteiger partial charge in [-0.15, -0.1) is 0 Å². The first-order chi connectivity index (χ1) is 12.1. The Balaban J connectivity index is 1.75. The molecule has 1 heterocycles. The van der Waals surface area contributed by atoms with Gasteiger partial charge in [0.25, 0.3) is 0 Å². The average molecular weight is 348 g/mol. The summed E-state index contributed by atoms with van der Waals surface area (Å²) in [6.45, 7) is 5.67. The molecule has 25 heavy (non-hydrogen) atoms. The minimum absolute atomic E-state index is 0.0942. The number of rotatable bonds is 8. The summed E-state index contributed by atoms with van der Waals surface area (Å²) in [5.74, 6) is 1.00. The van der Waals surface area contributed by atoms with Crippen molar-refractivity contribution in [2.75, 3.05) is 46.5 Å². The Labute approximate surface area is 149 Å². The molecule has 0 aliphatic carbocycles. The Morgan fingerprint density at radius 3 is 2.40 bits per heavy atom. The largest absolute Gasteiger partial charge is 0.497 e. The molecule has 0 spiro atoms. The van der Waals surface area contributed by atoms with Gasteiger partial charge in [0.2, 0.25) is 11.8 Å². The second-order valence-corrected chi connectivity index (χ2v) is 6.09. The maximum Gasteiger partial charge on any atom is 0.227 e. The van der Waals surface area contributed by atoms with Crippen LogP contribution >= 0.6 is 0 Å². The lowest BCUT2D eigenvalue weighted by Crippen LogP contribution is -2.51. The predicted octanol–water partition coefficient (Wildman–Crippen LogP) is 1.73. The highest BCUT2D eigenvalue weighted by molar-refractivity contribution is 5.80. The van der Waals surface area contributed by atoms with Crippen molar-refractivity contribution in [3.8, 4) is 5.75 Å². The normalized spacial score (nSPS) is 14.5. The number of hydrogen-bond acceptors (Lipinski definition) is 4. The van der Waals surface area contributed by atoms with Crippen LogP contribution in [0, 0.1) is 0 Å². The van der Waals surface area contributed by atoms with Crippen molar-refractivity contribution in [3.05, 3.63) is 29.8 Å². The molecule has 0 bridgehead atoms. The average Bonchev–Trinajstić information content (AvgIpc) is 2.65. The third-order valence-electron chi connectivity index (χ3n) is 4.36. The van der Waals surface area contributed by atoms with Gasteiger partial charge in [0.15, 0.2) is 0 Å². The van der Waals surface area contributed by atoms with Crippen molar-refractivity contribution < 1.29 is 19.1 Å². The van der Waals surface area contributed by atoms with Crippen LogP contribution in [0.5, 0.6) is 5.75 Å². The van der Waals surface area contributed by atoms with Gasteiger partial charge in [0, 0.05) is 45.8 Å². The van der Waals surface area contributed by atoms with Crippen molar-refractivity contribution in [2.45, 2.75) is 26.2 Å². The predicted molar refractivity (Wildman–Crippen MR) is 95.6 cm³/mol. The van der Waals surface area contributed by atoms with Crippen LogP contribution in [0.15, 0.2) is 24.3 Å². The Morgan fingerprint density at radius 1 is 1.08 bits per heavy atom. The number of piperazine rings is 1. The van der Waals surface area contributed by atoms with E-state index in [1.54, 1.807) is 7.11 Å². The highest BCUT2D eigenvalue weighted by atomic mass is 16.5. The van der Waals surface area contributed by atoms with E-state index in [0.717, 1.165) is 17.7 Å². The molecule has 1 aliphatic heterocycles. The van der Waals surface area contributed by atoms with E-state index in [0.29, 0.717) is 52.2 Å². The summed E-state index contributed by atoms with van der Waals surface area (Å²) in [6, 6.07) is 7.57. The topological polar surface area (TPSA) is 59.1 Å². The van der Waals surface area contributed by atoms with Crippen molar-refractivity contribution in [1.82, 2.24) is 9.80 Å². The third kappa shape index (κ3) is 6.05. The summed E-state index contributed by atoms with van der Waals surface area (Å²) in [6.07, 6.45) is 1.62. The molecule has 1 aliphatic rings. The van der Waals surface area contributed by atoms with Crippen molar-refractivity contribution in [3.63, 3.8) is 0 Å². The molecule has 6 nitrogen and oxygen atoms in total. The van der Waals surface area contributed by atoms with E-state index in [9.17, 15) is 9.59 Å². The Bertz CT molecular complexity index is 568. The zero-order chi connectivity index (χ0) is 18.1. The Hall–Kier alpha value is -2.08. The molecule has 0 saturated carbocycles. The van der Waals surface area contributed by atoms with E-state index in [4.69, 9.17) is 9.47 Å². The Kier molecular flexibility index (Phi) is 7.73. The first-order valence-electron chi connectivity index (χ1n) is 8.90. The smallest absolute Gasteiger partial charge is 0.227 e. The molecule has 0 aromatic heterocycles. The fourth-order valence-corrected chi connectivity index (χ4v) is 2.90. The van der Waals surface area contributed by atoms with Crippen LogP contribution in [0.1, 0.15) is 25.3 Å². The van der Waals surface area contributed by atoms with Crippen LogP contribution < -0.4 is 4.74 Å². The van der Waals surface area contributed by atoms with Gasteiger partial charge in [0.05, 0.1) is 13.5 Å². The second-order valence-electron chi connectivity index (χ2n) is 6.09. The van der Waals surface area contributed by atoms with Gasteiger partial charge in [-0.1, -0.05) is 12.1 Å². The number of carbonyl (C=O) groups is 2. The molecule has 2 amide bonds. The van der Waals surface area contributed by atoms with Crippen LogP contribution in [0.2, 0.25) is 0 Å². The number of carbonyl (C=O) groups excluding carboxylic acids is 2. The molecule has 0 radical (unpaired) electrons. The minimum atomic E-state index is 0.0942. The summed E-state index contributed by atoms with van der Waals surface area (Å²) in [5.41, 5.74) is 0.943. The zero-order valence-corrected chi connectivity index (χ0v) is 15.2. The summed E-state index contributed by atoms with van der Waals surface area (Å²) >= 11 is 0. The van der Waals surface area contributed by atoms with E-state index >= 15 is 0 Å². The number of nitrogens with zero attached hydrogens (tertiary/aromatic N) is 2. The fraction of sp³-hybridized carbons (Fsp3) is 0.579. The van der Waals surface area contributed by atoms with Crippen molar-refractivity contribution in [2.24, 2.45) is 0 Å². The third-order valence-corrected chi connectivity index (χ3v) is 4.36. The van der Waals surface area contributed by atoms with Crippen LogP contribution in [0.25, 0.3) is 0 Å². The fourth-order valence-electron chi connectivity index (χ4n) is 2.90. The van der Waals surface area contributed by atoms with Crippen molar-refractivity contribution >= 4 is 11.8 Å². The molecule has 1 saturated heterocycles. The molecule has 2 rings (SSSR count). The molecule has 6 heteroatoms. The molecule has 0 unspecified atom stereocenters.